The van der Waals surface area contributed by atoms with Crippen molar-refractivity contribution in [2.75, 3.05) is 5.73 Å². The molecule has 4 N–H and O–H groups in total. The Hall–Kier alpha value is -2.04. The average Bonchev–Trinajstić information content (AvgIpc) is 2.26. The molecule has 0 aliphatic rings. The molecule has 5 nitrogen and oxygen atoms in total. The summed E-state index contributed by atoms with van der Waals surface area (Å²) in [6.07, 6.45) is 1.39. The van der Waals surface area contributed by atoms with Crippen LogP contribution >= 0.6 is 0 Å². The van der Waals surface area contributed by atoms with E-state index in [0.717, 1.165) is 5.56 Å². The van der Waals surface area contributed by atoms with Crippen molar-refractivity contribution in [1.29, 1.82) is 5.41 Å². The van der Waals surface area contributed by atoms with Crippen LogP contribution in [0.4, 0.5) is 10.5 Å². The fourth-order valence-electron chi connectivity index (χ4n) is 1.88. The number of nitrogens with two attached hydrogens (primary N) is 1. The van der Waals surface area contributed by atoms with E-state index in [2.05, 4.69) is 5.32 Å². The summed E-state index contributed by atoms with van der Waals surface area (Å²) in [5.74, 6) is 0. The number of nitrogens with one attached hydrogen (secondary N) is 2. The molecule has 0 spiro atoms. The van der Waals surface area contributed by atoms with E-state index < -0.39 is 11.7 Å². The first-order chi connectivity index (χ1) is 9.23. The van der Waals surface area contributed by atoms with E-state index in [1.165, 1.54) is 6.21 Å². The molecular weight excluding hydrogens is 254 g/mol. The first kappa shape index (κ1) is 16.0. The Bertz CT molecular complexity index is 492. The highest BCUT2D eigenvalue weighted by molar-refractivity contribution is 5.87. The third kappa shape index (κ3) is 4.91. The van der Waals surface area contributed by atoms with Gasteiger partial charge >= 0.3 is 6.09 Å². The van der Waals surface area contributed by atoms with Crippen LogP contribution in [0.5, 0.6) is 0 Å². The summed E-state index contributed by atoms with van der Waals surface area (Å²) in [6.45, 7) is 7.35. The fourth-order valence-corrected chi connectivity index (χ4v) is 1.88. The normalized spacial score (nSPS) is 12.6. The first-order valence-electron chi connectivity index (χ1n) is 6.60. The quantitative estimate of drug-likeness (QED) is 0.584. The lowest BCUT2D eigenvalue weighted by Gasteiger charge is -2.22. The van der Waals surface area contributed by atoms with Crippen molar-refractivity contribution >= 4 is 18.0 Å². The maximum Gasteiger partial charge on any atom is 0.407 e. The summed E-state index contributed by atoms with van der Waals surface area (Å²) < 4.78 is 5.21. The minimum atomic E-state index is -0.513. The van der Waals surface area contributed by atoms with Crippen molar-refractivity contribution in [2.24, 2.45) is 0 Å². The molecule has 1 aromatic carbocycles. The lowest BCUT2D eigenvalue weighted by Crippen LogP contribution is -2.38. The maximum atomic E-state index is 11.7. The second-order valence-electron chi connectivity index (χ2n) is 5.82. The topological polar surface area (TPSA) is 88.2 Å². The van der Waals surface area contributed by atoms with Gasteiger partial charge in [-0.1, -0.05) is 12.1 Å². The van der Waals surface area contributed by atoms with Crippen molar-refractivity contribution in [1.82, 2.24) is 5.32 Å². The predicted octanol–water partition coefficient (Wildman–Crippen LogP) is 2.72. The van der Waals surface area contributed by atoms with E-state index in [4.69, 9.17) is 15.9 Å². The molecule has 1 aromatic rings. The summed E-state index contributed by atoms with van der Waals surface area (Å²) in [4.78, 5) is 11.7. The molecule has 0 bridgehead atoms. The largest absolute Gasteiger partial charge is 0.444 e. The van der Waals surface area contributed by atoms with Gasteiger partial charge in [-0.25, -0.2) is 4.79 Å². The Labute approximate surface area is 120 Å². The third-order valence-corrected chi connectivity index (χ3v) is 2.66. The van der Waals surface area contributed by atoms with Crippen LogP contribution in [0.3, 0.4) is 0 Å². The van der Waals surface area contributed by atoms with Crippen LogP contribution in [-0.2, 0) is 11.2 Å². The summed E-state index contributed by atoms with van der Waals surface area (Å²) in [7, 11) is 0. The van der Waals surface area contributed by atoms with E-state index >= 15 is 0 Å². The molecule has 0 fully saturated rings. The molecule has 1 rings (SSSR count). The Balaban J connectivity index is 2.68. The Kier molecular flexibility index (Phi) is 5.13. The lowest BCUT2D eigenvalue weighted by molar-refractivity contribution is 0.0508. The molecule has 0 saturated heterocycles. The van der Waals surface area contributed by atoms with Crippen LogP contribution in [-0.4, -0.2) is 24.0 Å². The molecule has 0 saturated carbocycles. The second-order valence-corrected chi connectivity index (χ2v) is 5.82. The van der Waals surface area contributed by atoms with Gasteiger partial charge in [-0.05, 0) is 45.7 Å². The maximum absolute atomic E-state index is 11.7. The third-order valence-electron chi connectivity index (χ3n) is 2.66. The summed E-state index contributed by atoms with van der Waals surface area (Å²) in [5.41, 5.74) is 7.52. The number of amides is 1. The Morgan fingerprint density at radius 3 is 2.70 bits per heavy atom. The van der Waals surface area contributed by atoms with Crippen LogP contribution < -0.4 is 11.1 Å². The lowest BCUT2D eigenvalue weighted by atomic mass is 10.00. The van der Waals surface area contributed by atoms with Gasteiger partial charge < -0.3 is 21.2 Å². The molecule has 1 amide bonds. The molecule has 0 aromatic heterocycles. The van der Waals surface area contributed by atoms with Crippen molar-refractivity contribution in [3.63, 3.8) is 0 Å². The summed E-state index contributed by atoms with van der Waals surface area (Å²) in [6, 6.07) is 5.41. The molecule has 0 heterocycles. The van der Waals surface area contributed by atoms with E-state index in [-0.39, 0.29) is 6.04 Å². The zero-order chi connectivity index (χ0) is 15.3. The minimum absolute atomic E-state index is 0.106. The zero-order valence-electron chi connectivity index (χ0n) is 12.5. The van der Waals surface area contributed by atoms with Crippen molar-refractivity contribution in [3.05, 3.63) is 29.3 Å². The van der Waals surface area contributed by atoms with Crippen LogP contribution in [0.25, 0.3) is 0 Å². The highest BCUT2D eigenvalue weighted by atomic mass is 16.6. The van der Waals surface area contributed by atoms with Gasteiger partial charge in [0.05, 0.1) is 0 Å². The van der Waals surface area contributed by atoms with Crippen LogP contribution in [0.2, 0.25) is 0 Å². The van der Waals surface area contributed by atoms with Crippen LogP contribution in [0.1, 0.15) is 38.8 Å². The highest BCUT2D eigenvalue weighted by Crippen LogP contribution is 2.16. The van der Waals surface area contributed by atoms with Crippen molar-refractivity contribution < 1.29 is 9.53 Å². The fraction of sp³-hybridized carbons (Fsp3) is 0.467. The monoisotopic (exact) mass is 277 g/mol. The van der Waals surface area contributed by atoms with Gasteiger partial charge in [0.25, 0.3) is 0 Å². The SMILES string of the molecule is C[C@H](Cc1cccc(N)c1C=N)NC(=O)OC(C)(C)C. The van der Waals surface area contributed by atoms with Gasteiger partial charge in [0.15, 0.2) is 0 Å². The number of benzene rings is 1. The minimum Gasteiger partial charge on any atom is -0.444 e. The zero-order valence-corrected chi connectivity index (χ0v) is 12.5. The number of rotatable bonds is 4. The number of alkyl carbamates (subject to hydrolysis) is 1. The van der Waals surface area contributed by atoms with Crippen molar-refractivity contribution in [2.45, 2.75) is 45.8 Å². The Morgan fingerprint density at radius 2 is 2.15 bits per heavy atom. The number of carbonyl (C=O) groups is 1. The smallest absolute Gasteiger partial charge is 0.407 e. The molecule has 5 heteroatoms. The second kappa shape index (κ2) is 6.41. The highest BCUT2D eigenvalue weighted by Gasteiger charge is 2.18. The Morgan fingerprint density at radius 1 is 1.50 bits per heavy atom. The van der Waals surface area contributed by atoms with Gasteiger partial charge in [-0.15, -0.1) is 0 Å². The van der Waals surface area contributed by atoms with E-state index in [9.17, 15) is 4.79 Å². The molecular formula is C15H23N3O2. The molecule has 20 heavy (non-hydrogen) atoms. The van der Waals surface area contributed by atoms with E-state index in [1.807, 2.05) is 39.8 Å². The number of hydrogen-bond acceptors (Lipinski definition) is 4. The molecule has 0 aliphatic carbocycles. The number of hydrogen-bond donors (Lipinski definition) is 3. The van der Waals surface area contributed by atoms with Gasteiger partial charge in [-0.3, -0.25) is 0 Å². The standard InChI is InChI=1S/C15H23N3O2/c1-10(18-14(19)20-15(2,3)4)8-11-6-5-7-13(17)12(11)9-16/h5-7,9-10,16H,8,17H2,1-4H3,(H,18,19)/t10-/m1/s1. The number of ether oxygens (including phenoxy) is 1. The molecule has 0 aliphatic heterocycles. The number of nitrogen functional groups attached to an aromatic ring is 1. The van der Waals surface area contributed by atoms with E-state index in [0.29, 0.717) is 17.7 Å². The van der Waals surface area contributed by atoms with Gasteiger partial charge in [-0.2, -0.15) is 0 Å². The van der Waals surface area contributed by atoms with Crippen LogP contribution in [0.15, 0.2) is 18.2 Å². The number of carbonyl (C=O) groups excluding carboxylic acids is 1. The molecule has 0 unspecified atom stereocenters. The van der Waals surface area contributed by atoms with Gasteiger partial charge in [0, 0.05) is 23.5 Å². The van der Waals surface area contributed by atoms with Gasteiger partial charge in [0.1, 0.15) is 5.60 Å². The molecule has 0 radical (unpaired) electrons. The van der Waals surface area contributed by atoms with Crippen LogP contribution in [0, 0.1) is 5.41 Å². The average molecular weight is 277 g/mol. The van der Waals surface area contributed by atoms with Gasteiger partial charge in [0.2, 0.25) is 0 Å². The van der Waals surface area contributed by atoms with Crippen molar-refractivity contribution in [3.8, 4) is 0 Å². The summed E-state index contributed by atoms with van der Waals surface area (Å²) in [5, 5.41) is 10.2. The molecule has 110 valence electrons. The summed E-state index contributed by atoms with van der Waals surface area (Å²) >= 11 is 0. The van der Waals surface area contributed by atoms with E-state index in [1.54, 1.807) is 6.07 Å². The predicted molar refractivity (Wildman–Crippen MR) is 81.3 cm³/mol. The number of anilines is 1. The first-order valence-corrected chi connectivity index (χ1v) is 6.60. The molecule has 1 atom stereocenters.